The minimum atomic E-state index is 0.591. The van der Waals surface area contributed by atoms with E-state index in [2.05, 4.69) is 33.7 Å². The largest absolute Gasteiger partial charge is 0.457 e. The van der Waals surface area contributed by atoms with Crippen LogP contribution in [0.15, 0.2) is 60.7 Å². The van der Waals surface area contributed by atoms with Gasteiger partial charge in [-0.25, -0.2) is 0 Å². The lowest BCUT2D eigenvalue weighted by Gasteiger charge is -2.20. The van der Waals surface area contributed by atoms with E-state index in [1.165, 1.54) is 18.5 Å². The van der Waals surface area contributed by atoms with Crippen molar-refractivity contribution >= 4 is 0 Å². The van der Waals surface area contributed by atoms with E-state index in [0.29, 0.717) is 5.92 Å². The topological polar surface area (TPSA) is 49.9 Å². The number of aromatic nitrogens is 2. The minimum Gasteiger partial charge on any atom is -0.457 e. The fraction of sp³-hybridized carbons (Fsp3) is 0.250. The lowest BCUT2D eigenvalue weighted by atomic mass is 9.94. The van der Waals surface area contributed by atoms with Crippen LogP contribution in [0, 0.1) is 0 Å². The van der Waals surface area contributed by atoms with E-state index in [0.717, 1.165) is 35.8 Å². The van der Waals surface area contributed by atoms with Crippen LogP contribution in [0.4, 0.5) is 0 Å². The van der Waals surface area contributed by atoms with Gasteiger partial charge in [-0.05, 0) is 68.4 Å². The highest BCUT2D eigenvalue weighted by Crippen LogP contribution is 2.29. The van der Waals surface area contributed by atoms with Crippen LogP contribution in [0.5, 0.6) is 11.5 Å². The Labute approximate surface area is 141 Å². The summed E-state index contributed by atoms with van der Waals surface area (Å²) in [7, 11) is 0. The highest BCUT2D eigenvalue weighted by atomic mass is 16.5. The number of rotatable bonds is 4. The van der Waals surface area contributed by atoms with Crippen LogP contribution >= 0.6 is 0 Å². The van der Waals surface area contributed by atoms with Gasteiger partial charge in [0.2, 0.25) is 0 Å². The van der Waals surface area contributed by atoms with Crippen LogP contribution in [0.3, 0.4) is 0 Å². The average Bonchev–Trinajstić information content (AvgIpc) is 3.14. The molecule has 0 radical (unpaired) electrons. The standard InChI is InChI=1S/C20H21N3O/c1-2-4-17(5-3-1)24-18-8-6-15(7-9-18)19-14-20(23-22-19)16-10-12-21-13-11-16/h1-9,14,16,21H,10-13H2,(H,22,23). The van der Waals surface area contributed by atoms with Crippen molar-refractivity contribution in [3.63, 3.8) is 0 Å². The van der Waals surface area contributed by atoms with Crippen LogP contribution in [0.2, 0.25) is 0 Å². The van der Waals surface area contributed by atoms with Gasteiger partial charge in [0, 0.05) is 17.2 Å². The summed E-state index contributed by atoms with van der Waals surface area (Å²) in [5, 5.41) is 11.1. The van der Waals surface area contributed by atoms with Crippen LogP contribution < -0.4 is 10.1 Å². The monoisotopic (exact) mass is 319 g/mol. The Morgan fingerprint density at radius 1 is 0.875 bits per heavy atom. The van der Waals surface area contributed by atoms with Gasteiger partial charge in [-0.1, -0.05) is 18.2 Å². The Morgan fingerprint density at radius 3 is 2.33 bits per heavy atom. The zero-order valence-electron chi connectivity index (χ0n) is 13.5. The number of benzene rings is 2. The summed E-state index contributed by atoms with van der Waals surface area (Å²) < 4.78 is 5.83. The van der Waals surface area contributed by atoms with Gasteiger partial charge in [-0.15, -0.1) is 0 Å². The number of hydrogen-bond acceptors (Lipinski definition) is 3. The Balaban J connectivity index is 1.47. The molecular weight excluding hydrogens is 298 g/mol. The molecule has 0 unspecified atom stereocenters. The van der Waals surface area contributed by atoms with E-state index in [9.17, 15) is 0 Å². The molecule has 4 rings (SSSR count). The summed E-state index contributed by atoms with van der Waals surface area (Å²) >= 11 is 0. The van der Waals surface area contributed by atoms with Crippen molar-refractivity contribution in [2.75, 3.05) is 13.1 Å². The number of aromatic amines is 1. The van der Waals surface area contributed by atoms with E-state index in [1.54, 1.807) is 0 Å². The molecule has 0 bridgehead atoms. The number of hydrogen-bond donors (Lipinski definition) is 2. The van der Waals surface area contributed by atoms with Gasteiger partial charge < -0.3 is 10.1 Å². The first-order valence-electron chi connectivity index (χ1n) is 8.48. The molecule has 1 aliphatic rings. The fourth-order valence-corrected chi connectivity index (χ4v) is 3.14. The van der Waals surface area contributed by atoms with E-state index in [-0.39, 0.29) is 0 Å². The van der Waals surface area contributed by atoms with Crippen molar-refractivity contribution in [1.29, 1.82) is 0 Å². The quantitative estimate of drug-likeness (QED) is 0.752. The fourth-order valence-electron chi connectivity index (χ4n) is 3.14. The van der Waals surface area contributed by atoms with Crippen LogP contribution in [-0.4, -0.2) is 23.3 Å². The Hall–Kier alpha value is -2.59. The van der Waals surface area contributed by atoms with Crippen molar-refractivity contribution in [2.24, 2.45) is 0 Å². The predicted molar refractivity (Wildman–Crippen MR) is 95.4 cm³/mol. The first kappa shape index (κ1) is 15.0. The van der Waals surface area contributed by atoms with E-state index < -0.39 is 0 Å². The van der Waals surface area contributed by atoms with Gasteiger partial charge in [0.25, 0.3) is 0 Å². The molecule has 1 aromatic heterocycles. The van der Waals surface area contributed by atoms with Gasteiger partial charge in [-0.2, -0.15) is 5.10 Å². The van der Waals surface area contributed by atoms with Crippen molar-refractivity contribution < 1.29 is 4.74 Å². The second-order valence-electron chi connectivity index (χ2n) is 6.17. The lowest BCUT2D eigenvalue weighted by molar-refractivity contribution is 0.453. The van der Waals surface area contributed by atoms with Crippen molar-refractivity contribution in [2.45, 2.75) is 18.8 Å². The molecule has 0 saturated carbocycles. The molecule has 0 amide bonds. The van der Waals surface area contributed by atoms with Crippen molar-refractivity contribution in [1.82, 2.24) is 15.5 Å². The maximum atomic E-state index is 5.83. The third-order valence-electron chi connectivity index (χ3n) is 4.51. The lowest BCUT2D eigenvalue weighted by Crippen LogP contribution is -2.26. The van der Waals surface area contributed by atoms with E-state index in [1.807, 2.05) is 42.5 Å². The zero-order chi connectivity index (χ0) is 16.2. The molecule has 0 spiro atoms. The molecule has 2 heterocycles. The third kappa shape index (κ3) is 3.34. The number of para-hydroxylation sites is 1. The SMILES string of the molecule is c1ccc(Oc2ccc(-c3cc(C4CCNCC4)[nH]n3)cc2)cc1. The molecule has 3 aromatic rings. The summed E-state index contributed by atoms with van der Waals surface area (Å²) in [5.41, 5.74) is 3.35. The van der Waals surface area contributed by atoms with Gasteiger partial charge in [0.05, 0.1) is 5.69 Å². The molecular formula is C20H21N3O. The Kier molecular flexibility index (Phi) is 4.30. The normalized spacial score (nSPS) is 15.3. The molecule has 0 aliphatic carbocycles. The average molecular weight is 319 g/mol. The van der Waals surface area contributed by atoms with Crippen molar-refractivity contribution in [3.05, 3.63) is 66.4 Å². The highest BCUT2D eigenvalue weighted by molar-refractivity contribution is 5.60. The van der Waals surface area contributed by atoms with Crippen LogP contribution in [-0.2, 0) is 0 Å². The molecule has 4 nitrogen and oxygen atoms in total. The Bertz CT molecular complexity index is 774. The van der Waals surface area contributed by atoms with Gasteiger partial charge in [0.1, 0.15) is 11.5 Å². The van der Waals surface area contributed by atoms with Crippen LogP contribution in [0.1, 0.15) is 24.5 Å². The first-order valence-corrected chi connectivity index (χ1v) is 8.48. The van der Waals surface area contributed by atoms with E-state index in [4.69, 9.17) is 4.74 Å². The smallest absolute Gasteiger partial charge is 0.127 e. The van der Waals surface area contributed by atoms with Gasteiger partial charge in [-0.3, -0.25) is 5.10 Å². The molecule has 1 saturated heterocycles. The summed E-state index contributed by atoms with van der Waals surface area (Å²) in [5.74, 6) is 2.27. The first-order chi connectivity index (χ1) is 11.9. The summed E-state index contributed by atoms with van der Waals surface area (Å²) in [6, 6.07) is 20.1. The summed E-state index contributed by atoms with van der Waals surface area (Å²) in [6.07, 6.45) is 2.34. The third-order valence-corrected chi connectivity index (χ3v) is 4.51. The molecule has 0 atom stereocenters. The second kappa shape index (κ2) is 6.89. The molecule has 122 valence electrons. The van der Waals surface area contributed by atoms with Gasteiger partial charge in [0.15, 0.2) is 0 Å². The maximum absolute atomic E-state index is 5.83. The van der Waals surface area contributed by atoms with Crippen LogP contribution in [0.25, 0.3) is 11.3 Å². The second-order valence-corrected chi connectivity index (χ2v) is 6.17. The number of ether oxygens (including phenoxy) is 1. The number of nitrogens with zero attached hydrogens (tertiary/aromatic N) is 1. The molecule has 1 aliphatic heterocycles. The minimum absolute atomic E-state index is 0.591. The molecule has 2 N–H and O–H groups in total. The zero-order valence-corrected chi connectivity index (χ0v) is 13.5. The van der Waals surface area contributed by atoms with Crippen molar-refractivity contribution in [3.8, 4) is 22.8 Å². The number of nitrogens with one attached hydrogen (secondary N) is 2. The number of piperidine rings is 1. The summed E-state index contributed by atoms with van der Waals surface area (Å²) in [4.78, 5) is 0. The number of H-pyrrole nitrogens is 1. The molecule has 24 heavy (non-hydrogen) atoms. The van der Waals surface area contributed by atoms with Gasteiger partial charge >= 0.3 is 0 Å². The molecule has 4 heteroatoms. The van der Waals surface area contributed by atoms with E-state index >= 15 is 0 Å². The summed E-state index contributed by atoms with van der Waals surface area (Å²) in [6.45, 7) is 2.18. The highest BCUT2D eigenvalue weighted by Gasteiger charge is 2.17. The maximum Gasteiger partial charge on any atom is 0.127 e. The molecule has 2 aromatic carbocycles. The Morgan fingerprint density at radius 2 is 1.58 bits per heavy atom. The molecule has 1 fully saturated rings. The predicted octanol–water partition coefficient (Wildman–Crippen LogP) is 4.34.